The van der Waals surface area contributed by atoms with E-state index in [2.05, 4.69) is 21.7 Å². The molecule has 1 unspecified atom stereocenters. The van der Waals surface area contributed by atoms with Gasteiger partial charge in [0.1, 0.15) is 6.04 Å². The van der Waals surface area contributed by atoms with Crippen molar-refractivity contribution < 1.29 is 14.4 Å². The first-order valence-electron chi connectivity index (χ1n) is 12.8. The van der Waals surface area contributed by atoms with E-state index in [4.69, 9.17) is 0 Å². The van der Waals surface area contributed by atoms with Gasteiger partial charge in [-0.1, -0.05) is 75.4 Å². The van der Waals surface area contributed by atoms with Crippen LogP contribution in [0, 0.1) is 5.41 Å². The molecule has 2 heterocycles. The van der Waals surface area contributed by atoms with E-state index in [1.807, 2.05) is 74.2 Å². The van der Waals surface area contributed by atoms with Gasteiger partial charge in [0.25, 0.3) is 5.91 Å². The Hall–Kier alpha value is -4.26. The van der Waals surface area contributed by atoms with Gasteiger partial charge in [-0.15, -0.1) is 0 Å². The number of hydrogen-bond donors (Lipinski definition) is 2. The van der Waals surface area contributed by atoms with E-state index in [1.54, 1.807) is 36.7 Å². The molecule has 1 aliphatic rings. The van der Waals surface area contributed by atoms with Crippen LogP contribution >= 0.6 is 0 Å². The molecule has 0 saturated carbocycles. The zero-order chi connectivity index (χ0) is 27.1. The molecule has 1 aliphatic heterocycles. The number of carbonyl (C=O) groups excluding carboxylic acids is 3. The summed E-state index contributed by atoms with van der Waals surface area (Å²) >= 11 is 0. The molecule has 2 N–H and O–H groups in total. The van der Waals surface area contributed by atoms with Crippen LogP contribution in [0.25, 0.3) is 0 Å². The van der Waals surface area contributed by atoms with Crippen LogP contribution in [0.5, 0.6) is 0 Å². The minimum atomic E-state index is -0.775. The Morgan fingerprint density at radius 2 is 1.79 bits per heavy atom. The second-order valence-electron chi connectivity index (χ2n) is 10.5. The molecular formula is C31H34N4O3. The monoisotopic (exact) mass is 510 g/mol. The van der Waals surface area contributed by atoms with Gasteiger partial charge >= 0.3 is 0 Å². The number of anilines is 1. The van der Waals surface area contributed by atoms with Crippen molar-refractivity contribution in [3.63, 3.8) is 0 Å². The lowest BCUT2D eigenvalue weighted by atomic mass is 9.95. The summed E-state index contributed by atoms with van der Waals surface area (Å²) in [6.07, 6.45) is 8.58. The van der Waals surface area contributed by atoms with Gasteiger partial charge in [-0.05, 0) is 41.8 Å². The van der Waals surface area contributed by atoms with Crippen LogP contribution in [0.3, 0.4) is 0 Å². The van der Waals surface area contributed by atoms with E-state index in [-0.39, 0.29) is 23.8 Å². The van der Waals surface area contributed by atoms with Gasteiger partial charge in [0, 0.05) is 42.0 Å². The number of benzene rings is 2. The molecule has 38 heavy (non-hydrogen) atoms. The second-order valence-corrected chi connectivity index (χ2v) is 10.5. The van der Waals surface area contributed by atoms with Gasteiger partial charge in [0.15, 0.2) is 0 Å². The summed E-state index contributed by atoms with van der Waals surface area (Å²) in [7, 11) is 0. The van der Waals surface area contributed by atoms with Crippen molar-refractivity contribution in [3.05, 3.63) is 108 Å². The van der Waals surface area contributed by atoms with Crippen LogP contribution in [0.1, 0.15) is 54.7 Å². The number of carbonyl (C=O) groups is 3. The number of hydrogen-bond acceptors (Lipinski definition) is 4. The Kier molecular flexibility index (Phi) is 8.36. The molecule has 1 aromatic heterocycles. The summed E-state index contributed by atoms with van der Waals surface area (Å²) in [4.78, 5) is 45.9. The molecule has 2 aromatic carbocycles. The number of nitrogens with zero attached hydrogens (tertiary/aromatic N) is 2. The lowest BCUT2D eigenvalue weighted by Crippen LogP contribution is -2.51. The highest BCUT2D eigenvalue weighted by atomic mass is 16.2. The van der Waals surface area contributed by atoms with E-state index < -0.39 is 11.5 Å². The predicted octanol–water partition coefficient (Wildman–Crippen LogP) is 4.94. The van der Waals surface area contributed by atoms with Crippen molar-refractivity contribution in [2.45, 2.75) is 45.7 Å². The Balaban J connectivity index is 1.58. The normalized spacial score (nSPS) is 16.0. The summed E-state index contributed by atoms with van der Waals surface area (Å²) in [5.41, 5.74) is 2.23. The zero-order valence-corrected chi connectivity index (χ0v) is 22.1. The van der Waals surface area contributed by atoms with E-state index in [0.29, 0.717) is 30.6 Å². The second kappa shape index (κ2) is 11.9. The highest BCUT2D eigenvalue weighted by Crippen LogP contribution is 2.28. The third-order valence-corrected chi connectivity index (χ3v) is 6.51. The van der Waals surface area contributed by atoms with Gasteiger partial charge in [0.2, 0.25) is 11.8 Å². The molecular weight excluding hydrogens is 476 g/mol. The topological polar surface area (TPSA) is 91.4 Å². The van der Waals surface area contributed by atoms with Gasteiger partial charge in [-0.2, -0.15) is 0 Å². The molecule has 2 atom stereocenters. The molecule has 4 rings (SSSR count). The third-order valence-electron chi connectivity index (χ3n) is 6.51. The maximum Gasteiger partial charge on any atom is 0.252 e. The van der Waals surface area contributed by atoms with Crippen molar-refractivity contribution in [3.8, 4) is 0 Å². The number of pyridine rings is 1. The Morgan fingerprint density at radius 3 is 2.50 bits per heavy atom. The molecule has 0 radical (unpaired) electrons. The molecule has 0 aliphatic carbocycles. The van der Waals surface area contributed by atoms with E-state index in [9.17, 15) is 14.4 Å². The maximum atomic E-state index is 14.0. The average molecular weight is 511 g/mol. The fourth-order valence-electron chi connectivity index (χ4n) is 4.35. The first-order valence-corrected chi connectivity index (χ1v) is 12.8. The van der Waals surface area contributed by atoms with Crippen LogP contribution in [0.2, 0.25) is 0 Å². The largest absolute Gasteiger partial charge is 0.340 e. The SMILES string of the molecule is CC(C)(C)C(=O)Nc1cccc(C(=O)N[C@@H](Cc2ccccc2)C(=O)N2CC=CCC2c2cccnc2)c1. The Bertz CT molecular complexity index is 1300. The van der Waals surface area contributed by atoms with Gasteiger partial charge < -0.3 is 15.5 Å². The summed E-state index contributed by atoms with van der Waals surface area (Å²) in [5, 5.41) is 5.84. The molecule has 7 nitrogen and oxygen atoms in total. The number of rotatable bonds is 7. The number of amides is 3. The first-order chi connectivity index (χ1) is 18.2. The lowest BCUT2D eigenvalue weighted by molar-refractivity contribution is -0.135. The standard InChI is InChI=1S/C31H34N4O3/c1-31(2,3)30(38)33-25-15-9-13-23(20-25)28(36)34-26(19-22-11-5-4-6-12-22)29(37)35-18-8-7-16-27(35)24-14-10-17-32-21-24/h4-15,17,20-21,26-27H,16,18-19H2,1-3H3,(H,33,38)(H,34,36)/t26-,27?/m0/s1. The molecule has 196 valence electrons. The fraction of sp³-hybridized carbons (Fsp3) is 0.290. The van der Waals surface area contributed by atoms with Crippen molar-refractivity contribution >= 4 is 23.4 Å². The maximum absolute atomic E-state index is 14.0. The van der Waals surface area contributed by atoms with Crippen LogP contribution in [-0.2, 0) is 16.0 Å². The molecule has 3 aromatic rings. The summed E-state index contributed by atoms with van der Waals surface area (Å²) in [5.74, 6) is -0.680. The zero-order valence-electron chi connectivity index (χ0n) is 22.1. The van der Waals surface area contributed by atoms with Gasteiger partial charge in [-0.25, -0.2) is 0 Å². The minimum Gasteiger partial charge on any atom is -0.340 e. The van der Waals surface area contributed by atoms with Gasteiger partial charge in [-0.3, -0.25) is 19.4 Å². The van der Waals surface area contributed by atoms with Crippen LogP contribution in [-0.4, -0.2) is 40.2 Å². The van der Waals surface area contributed by atoms with Crippen LogP contribution < -0.4 is 10.6 Å². The van der Waals surface area contributed by atoms with E-state index in [0.717, 1.165) is 11.1 Å². The van der Waals surface area contributed by atoms with Gasteiger partial charge in [0.05, 0.1) is 6.04 Å². The minimum absolute atomic E-state index is 0.146. The molecule has 0 bridgehead atoms. The van der Waals surface area contributed by atoms with Crippen molar-refractivity contribution in [2.24, 2.45) is 5.41 Å². The van der Waals surface area contributed by atoms with E-state index >= 15 is 0 Å². The first kappa shape index (κ1) is 26.8. The summed E-state index contributed by atoms with van der Waals surface area (Å²) in [6.45, 7) is 5.93. The Labute approximate surface area is 224 Å². The highest BCUT2D eigenvalue weighted by Gasteiger charge is 2.32. The number of aromatic nitrogens is 1. The fourth-order valence-corrected chi connectivity index (χ4v) is 4.35. The smallest absolute Gasteiger partial charge is 0.252 e. The van der Waals surface area contributed by atoms with Crippen LogP contribution in [0.15, 0.2) is 91.3 Å². The molecule has 0 fully saturated rings. The molecule has 0 saturated heterocycles. The Morgan fingerprint density at radius 1 is 1.00 bits per heavy atom. The van der Waals surface area contributed by atoms with Crippen molar-refractivity contribution in [2.75, 3.05) is 11.9 Å². The average Bonchev–Trinajstić information content (AvgIpc) is 2.93. The van der Waals surface area contributed by atoms with Crippen molar-refractivity contribution in [1.29, 1.82) is 0 Å². The predicted molar refractivity (Wildman–Crippen MR) is 148 cm³/mol. The molecule has 7 heteroatoms. The highest BCUT2D eigenvalue weighted by molar-refractivity contribution is 6.00. The van der Waals surface area contributed by atoms with E-state index in [1.165, 1.54) is 0 Å². The summed E-state index contributed by atoms with van der Waals surface area (Å²) < 4.78 is 0. The summed E-state index contributed by atoms with van der Waals surface area (Å²) in [6, 6.07) is 19.3. The molecule has 3 amide bonds. The number of nitrogens with one attached hydrogen (secondary N) is 2. The van der Waals surface area contributed by atoms with Crippen LogP contribution in [0.4, 0.5) is 5.69 Å². The molecule has 0 spiro atoms. The quantitative estimate of drug-likeness (QED) is 0.441. The lowest BCUT2D eigenvalue weighted by Gasteiger charge is -2.36. The third kappa shape index (κ3) is 6.73. The van der Waals surface area contributed by atoms with Crippen molar-refractivity contribution in [1.82, 2.24) is 15.2 Å².